The molecule has 2 aliphatic rings. The number of ether oxygens (including phenoxy) is 1. The van der Waals surface area contributed by atoms with Crippen LogP contribution in [-0.4, -0.2) is 55.7 Å². The SMILES string of the molecule is CNC(=O)CC1CCOC2(CCN(C(=O)NCCc3ccccc3)CC2)C1. The third-order valence-electron chi connectivity index (χ3n) is 5.84. The number of nitrogens with one attached hydrogen (secondary N) is 2. The summed E-state index contributed by atoms with van der Waals surface area (Å²) < 4.78 is 6.13. The van der Waals surface area contributed by atoms with Crippen molar-refractivity contribution in [3.8, 4) is 0 Å². The first-order chi connectivity index (χ1) is 13.1. The monoisotopic (exact) mass is 373 g/mol. The Bertz CT molecular complexity index is 627. The molecule has 0 bridgehead atoms. The van der Waals surface area contributed by atoms with Gasteiger partial charge in [-0.15, -0.1) is 0 Å². The number of carbonyl (C=O) groups is 2. The molecule has 1 aromatic carbocycles. The van der Waals surface area contributed by atoms with Gasteiger partial charge in [0, 0.05) is 39.7 Å². The summed E-state index contributed by atoms with van der Waals surface area (Å²) in [5, 5.41) is 5.74. The van der Waals surface area contributed by atoms with Gasteiger partial charge in [0.1, 0.15) is 0 Å². The van der Waals surface area contributed by atoms with E-state index in [1.807, 2.05) is 23.1 Å². The molecular formula is C21H31N3O3. The lowest BCUT2D eigenvalue weighted by Crippen LogP contribution is -2.53. The first-order valence-corrected chi connectivity index (χ1v) is 10.0. The molecule has 2 saturated heterocycles. The highest BCUT2D eigenvalue weighted by molar-refractivity contribution is 5.75. The normalized spacial score (nSPS) is 21.7. The highest BCUT2D eigenvalue weighted by atomic mass is 16.5. The van der Waals surface area contributed by atoms with Gasteiger partial charge in [-0.1, -0.05) is 30.3 Å². The number of nitrogens with zero attached hydrogens (tertiary/aromatic N) is 1. The maximum Gasteiger partial charge on any atom is 0.317 e. The minimum Gasteiger partial charge on any atom is -0.375 e. The second-order valence-corrected chi connectivity index (χ2v) is 7.72. The van der Waals surface area contributed by atoms with Gasteiger partial charge in [0.25, 0.3) is 0 Å². The molecular weight excluding hydrogens is 342 g/mol. The number of rotatable bonds is 5. The highest BCUT2D eigenvalue weighted by Gasteiger charge is 2.41. The zero-order valence-corrected chi connectivity index (χ0v) is 16.2. The molecule has 1 spiro atoms. The lowest BCUT2D eigenvalue weighted by atomic mass is 9.78. The highest BCUT2D eigenvalue weighted by Crippen LogP contribution is 2.38. The molecule has 0 aliphatic carbocycles. The summed E-state index contributed by atoms with van der Waals surface area (Å²) in [7, 11) is 1.69. The van der Waals surface area contributed by atoms with Crippen LogP contribution < -0.4 is 10.6 Å². The Morgan fingerprint density at radius 1 is 1.22 bits per heavy atom. The number of hydrogen-bond acceptors (Lipinski definition) is 3. The van der Waals surface area contributed by atoms with E-state index in [1.54, 1.807) is 7.05 Å². The fourth-order valence-corrected chi connectivity index (χ4v) is 4.20. The summed E-state index contributed by atoms with van der Waals surface area (Å²) in [6, 6.07) is 10.2. The van der Waals surface area contributed by atoms with Crippen LogP contribution in [0.2, 0.25) is 0 Å². The Morgan fingerprint density at radius 3 is 2.67 bits per heavy atom. The molecule has 1 aromatic rings. The van der Waals surface area contributed by atoms with Gasteiger partial charge in [0.05, 0.1) is 5.60 Å². The minimum atomic E-state index is -0.155. The summed E-state index contributed by atoms with van der Waals surface area (Å²) in [4.78, 5) is 26.0. The molecule has 2 N–H and O–H groups in total. The summed E-state index contributed by atoms with van der Waals surface area (Å²) in [6.07, 6.45) is 4.98. The van der Waals surface area contributed by atoms with Gasteiger partial charge in [-0.25, -0.2) is 4.79 Å². The molecule has 6 heteroatoms. The van der Waals surface area contributed by atoms with Crippen LogP contribution in [-0.2, 0) is 16.0 Å². The molecule has 0 saturated carbocycles. The Labute approximate surface area is 161 Å². The van der Waals surface area contributed by atoms with Crippen LogP contribution in [0.4, 0.5) is 4.79 Å². The third-order valence-corrected chi connectivity index (χ3v) is 5.84. The molecule has 1 atom stereocenters. The predicted octanol–water partition coefficient (Wildman–Crippen LogP) is 2.34. The van der Waals surface area contributed by atoms with Gasteiger partial charge >= 0.3 is 6.03 Å². The van der Waals surface area contributed by atoms with Crippen molar-refractivity contribution in [2.45, 2.75) is 44.1 Å². The van der Waals surface area contributed by atoms with Crippen LogP contribution in [0.1, 0.15) is 37.7 Å². The Morgan fingerprint density at radius 2 is 1.96 bits per heavy atom. The van der Waals surface area contributed by atoms with Gasteiger partial charge in [-0.3, -0.25) is 4.79 Å². The molecule has 6 nitrogen and oxygen atoms in total. The van der Waals surface area contributed by atoms with Gasteiger partial charge < -0.3 is 20.3 Å². The second kappa shape index (κ2) is 9.22. The number of likely N-dealkylation sites (tertiary alicyclic amines) is 1. The maximum absolute atomic E-state index is 12.4. The van der Waals surface area contributed by atoms with E-state index in [0.29, 0.717) is 38.6 Å². The molecule has 3 rings (SSSR count). The molecule has 2 aliphatic heterocycles. The zero-order valence-electron chi connectivity index (χ0n) is 16.2. The Hall–Kier alpha value is -2.08. The van der Waals surface area contributed by atoms with E-state index in [0.717, 1.165) is 32.1 Å². The van der Waals surface area contributed by atoms with Gasteiger partial charge in [0.15, 0.2) is 0 Å². The van der Waals surface area contributed by atoms with Crippen LogP contribution >= 0.6 is 0 Å². The number of benzene rings is 1. The van der Waals surface area contributed by atoms with Crippen molar-refractivity contribution in [2.24, 2.45) is 5.92 Å². The Kier molecular flexibility index (Phi) is 6.72. The molecule has 2 heterocycles. The topological polar surface area (TPSA) is 70.7 Å². The van der Waals surface area contributed by atoms with E-state index in [-0.39, 0.29) is 17.5 Å². The van der Waals surface area contributed by atoms with Gasteiger partial charge in [-0.2, -0.15) is 0 Å². The Balaban J connectivity index is 1.42. The summed E-state index contributed by atoms with van der Waals surface area (Å²) >= 11 is 0. The van der Waals surface area contributed by atoms with Crippen molar-refractivity contribution in [3.63, 3.8) is 0 Å². The largest absolute Gasteiger partial charge is 0.375 e. The van der Waals surface area contributed by atoms with Crippen LogP contribution in [0, 0.1) is 5.92 Å². The van der Waals surface area contributed by atoms with Crippen LogP contribution in [0.5, 0.6) is 0 Å². The fourth-order valence-electron chi connectivity index (χ4n) is 4.20. The standard InChI is InChI=1S/C21H31N3O3/c1-22-19(25)15-18-8-14-27-21(16-18)9-12-24(13-10-21)20(26)23-11-7-17-5-3-2-4-6-17/h2-6,18H,7-16H2,1H3,(H,22,25)(H,23,26). The number of amides is 3. The van der Waals surface area contributed by atoms with E-state index in [1.165, 1.54) is 5.56 Å². The summed E-state index contributed by atoms with van der Waals surface area (Å²) in [5.41, 5.74) is 1.07. The number of urea groups is 1. The third kappa shape index (κ3) is 5.45. The first-order valence-electron chi connectivity index (χ1n) is 10.0. The smallest absolute Gasteiger partial charge is 0.317 e. The van der Waals surface area contributed by atoms with E-state index in [2.05, 4.69) is 22.8 Å². The molecule has 148 valence electrons. The minimum absolute atomic E-state index is 0.0125. The van der Waals surface area contributed by atoms with Crippen molar-refractivity contribution in [3.05, 3.63) is 35.9 Å². The van der Waals surface area contributed by atoms with E-state index >= 15 is 0 Å². The average molecular weight is 373 g/mol. The van der Waals surface area contributed by atoms with Crippen LogP contribution in [0.3, 0.4) is 0 Å². The van der Waals surface area contributed by atoms with Crippen molar-refractivity contribution >= 4 is 11.9 Å². The zero-order chi connectivity index (χ0) is 19.1. The van der Waals surface area contributed by atoms with E-state index in [4.69, 9.17) is 4.74 Å². The first kappa shape index (κ1) is 19.7. The van der Waals surface area contributed by atoms with Crippen molar-refractivity contribution in [2.75, 3.05) is 33.3 Å². The number of hydrogen-bond donors (Lipinski definition) is 2. The van der Waals surface area contributed by atoms with Crippen LogP contribution in [0.25, 0.3) is 0 Å². The predicted molar refractivity (Wildman–Crippen MR) is 104 cm³/mol. The summed E-state index contributed by atoms with van der Waals surface area (Å²) in [5.74, 6) is 0.484. The molecule has 27 heavy (non-hydrogen) atoms. The average Bonchev–Trinajstić information content (AvgIpc) is 2.69. The molecule has 1 unspecified atom stereocenters. The lowest BCUT2D eigenvalue weighted by Gasteiger charge is -2.46. The van der Waals surface area contributed by atoms with Crippen molar-refractivity contribution in [1.82, 2.24) is 15.5 Å². The molecule has 2 fully saturated rings. The van der Waals surface area contributed by atoms with Crippen LogP contribution in [0.15, 0.2) is 30.3 Å². The van der Waals surface area contributed by atoms with Crippen molar-refractivity contribution < 1.29 is 14.3 Å². The number of carbonyl (C=O) groups excluding carboxylic acids is 2. The molecule has 0 aromatic heterocycles. The maximum atomic E-state index is 12.4. The second-order valence-electron chi connectivity index (χ2n) is 7.72. The van der Waals surface area contributed by atoms with E-state index in [9.17, 15) is 9.59 Å². The van der Waals surface area contributed by atoms with Gasteiger partial charge in [0.2, 0.25) is 5.91 Å². The van der Waals surface area contributed by atoms with E-state index < -0.39 is 0 Å². The number of piperidine rings is 1. The molecule has 3 amide bonds. The fraction of sp³-hybridized carbons (Fsp3) is 0.619. The summed E-state index contributed by atoms with van der Waals surface area (Å²) in [6.45, 7) is 2.79. The lowest BCUT2D eigenvalue weighted by molar-refractivity contribution is -0.133. The quantitative estimate of drug-likeness (QED) is 0.832. The van der Waals surface area contributed by atoms with Gasteiger partial charge in [-0.05, 0) is 43.6 Å². The molecule has 0 radical (unpaired) electrons. The van der Waals surface area contributed by atoms with Crippen molar-refractivity contribution in [1.29, 1.82) is 0 Å².